The monoisotopic (exact) mass is 468 g/mol. The van der Waals surface area contributed by atoms with Gasteiger partial charge in [-0.15, -0.1) is 0 Å². The molecule has 1 unspecified atom stereocenters. The standard InChI is InChI=1S/C13H21N6O9PS/c1-13(21)8(20)6(4-27-29(22,23)24)28-11(13)19-5-15-7-9(18(2)30(3,25)26)16-12(14)17-10(7)19/h5-6,8,11,20-21H,4H2,1-3H3,(H2,14,16,17)(H2,22,23,24)/t6-,8?,11-,13+/m1/s1. The zero-order chi connectivity index (χ0) is 22.6. The third-order valence-corrected chi connectivity index (χ3v) is 6.28. The number of sulfonamides is 1. The summed E-state index contributed by atoms with van der Waals surface area (Å²) in [5.74, 6) is -0.396. The number of fused-ring (bicyclic) bond motifs is 1. The fourth-order valence-corrected chi connectivity index (χ4v) is 3.80. The van der Waals surface area contributed by atoms with E-state index in [1.807, 2.05) is 0 Å². The van der Waals surface area contributed by atoms with Crippen LogP contribution in [-0.2, 0) is 23.8 Å². The van der Waals surface area contributed by atoms with Crippen molar-refractivity contribution in [1.82, 2.24) is 19.5 Å². The molecule has 1 aliphatic heterocycles. The Bertz CT molecular complexity index is 1120. The van der Waals surface area contributed by atoms with E-state index in [0.29, 0.717) is 0 Å². The molecule has 6 N–H and O–H groups in total. The number of hydrogen-bond donors (Lipinski definition) is 5. The smallest absolute Gasteiger partial charge is 0.387 e. The number of nitrogens with zero attached hydrogens (tertiary/aromatic N) is 5. The second-order valence-electron chi connectivity index (χ2n) is 6.94. The largest absolute Gasteiger partial charge is 0.469 e. The van der Waals surface area contributed by atoms with Gasteiger partial charge in [0.1, 0.15) is 17.8 Å². The van der Waals surface area contributed by atoms with Gasteiger partial charge < -0.3 is 30.5 Å². The van der Waals surface area contributed by atoms with Crippen LogP contribution in [0.15, 0.2) is 6.33 Å². The summed E-state index contributed by atoms with van der Waals surface area (Å²) in [7, 11) is -7.30. The maximum atomic E-state index is 11.9. The second-order valence-corrected chi connectivity index (χ2v) is 10.2. The van der Waals surface area contributed by atoms with E-state index in [-0.39, 0.29) is 22.9 Å². The number of phosphoric acid groups is 1. The van der Waals surface area contributed by atoms with Crippen LogP contribution in [0.4, 0.5) is 11.8 Å². The van der Waals surface area contributed by atoms with Gasteiger partial charge in [0.15, 0.2) is 23.2 Å². The van der Waals surface area contributed by atoms with Crippen LogP contribution in [-0.4, -0.2) is 85.7 Å². The highest BCUT2D eigenvalue weighted by Gasteiger charge is 2.54. The van der Waals surface area contributed by atoms with Crippen molar-refractivity contribution in [3.05, 3.63) is 6.33 Å². The molecule has 0 bridgehead atoms. The van der Waals surface area contributed by atoms with E-state index in [1.165, 1.54) is 24.9 Å². The van der Waals surface area contributed by atoms with Gasteiger partial charge in [0.05, 0.1) is 19.2 Å². The van der Waals surface area contributed by atoms with Crippen LogP contribution in [0.1, 0.15) is 13.2 Å². The number of aliphatic hydroxyl groups is 2. The Hall–Kier alpha value is -1.91. The second kappa shape index (κ2) is 7.35. The van der Waals surface area contributed by atoms with Crippen LogP contribution in [0.25, 0.3) is 11.2 Å². The average molecular weight is 468 g/mol. The first-order chi connectivity index (χ1) is 13.6. The summed E-state index contributed by atoms with van der Waals surface area (Å²) < 4.78 is 46.7. The van der Waals surface area contributed by atoms with Gasteiger partial charge >= 0.3 is 7.82 Å². The fourth-order valence-electron chi connectivity index (χ4n) is 3.01. The van der Waals surface area contributed by atoms with Gasteiger partial charge in [-0.2, -0.15) is 9.97 Å². The molecule has 2 aromatic heterocycles. The lowest BCUT2D eigenvalue weighted by Crippen LogP contribution is -2.44. The molecule has 4 atom stereocenters. The molecule has 1 fully saturated rings. The minimum atomic E-state index is -4.84. The quantitative estimate of drug-likeness (QED) is 0.287. The first-order valence-electron chi connectivity index (χ1n) is 8.33. The van der Waals surface area contributed by atoms with Crippen LogP contribution in [0.3, 0.4) is 0 Å². The van der Waals surface area contributed by atoms with Crippen molar-refractivity contribution in [3.63, 3.8) is 0 Å². The summed E-state index contributed by atoms with van der Waals surface area (Å²) in [6.45, 7) is 0.531. The van der Waals surface area contributed by atoms with Gasteiger partial charge in [0, 0.05) is 7.05 Å². The number of aromatic nitrogens is 4. The first kappa shape index (κ1) is 22.8. The fraction of sp³-hybridized carbons (Fsp3) is 0.615. The molecule has 15 nitrogen and oxygen atoms in total. The van der Waals surface area contributed by atoms with Gasteiger partial charge in [-0.3, -0.25) is 13.4 Å². The lowest BCUT2D eigenvalue weighted by Gasteiger charge is -2.27. The van der Waals surface area contributed by atoms with Gasteiger partial charge in [-0.1, -0.05) is 0 Å². The van der Waals surface area contributed by atoms with Crippen molar-refractivity contribution in [3.8, 4) is 0 Å². The Morgan fingerprint density at radius 3 is 2.63 bits per heavy atom. The summed E-state index contributed by atoms with van der Waals surface area (Å²) in [6, 6.07) is 0. The summed E-state index contributed by atoms with van der Waals surface area (Å²) in [6.07, 6.45) is -2.08. The van der Waals surface area contributed by atoms with Gasteiger partial charge in [-0.05, 0) is 6.92 Å². The zero-order valence-corrected chi connectivity index (χ0v) is 17.7. The zero-order valence-electron chi connectivity index (χ0n) is 16.0. The highest BCUT2D eigenvalue weighted by molar-refractivity contribution is 7.92. The van der Waals surface area contributed by atoms with E-state index in [9.17, 15) is 23.2 Å². The van der Waals surface area contributed by atoms with Crippen molar-refractivity contribution < 1.29 is 42.2 Å². The van der Waals surface area contributed by atoms with Gasteiger partial charge in [-0.25, -0.2) is 18.0 Å². The summed E-state index contributed by atoms with van der Waals surface area (Å²) in [5.41, 5.74) is 3.78. The van der Waals surface area contributed by atoms with Crippen molar-refractivity contribution >= 4 is 40.8 Å². The van der Waals surface area contributed by atoms with Crippen LogP contribution >= 0.6 is 7.82 Å². The molecule has 3 rings (SSSR count). The van der Waals surface area contributed by atoms with E-state index in [0.717, 1.165) is 10.6 Å². The van der Waals surface area contributed by atoms with Crippen molar-refractivity contribution in [2.45, 2.75) is 31.0 Å². The molecule has 1 aliphatic rings. The third-order valence-electron chi connectivity index (χ3n) is 4.63. The predicted octanol–water partition coefficient (Wildman–Crippen LogP) is -2.08. The van der Waals surface area contributed by atoms with E-state index in [2.05, 4.69) is 19.5 Å². The van der Waals surface area contributed by atoms with Gasteiger partial charge in [0.25, 0.3) is 0 Å². The number of imidazole rings is 1. The van der Waals surface area contributed by atoms with Gasteiger partial charge in [0.2, 0.25) is 16.0 Å². The van der Waals surface area contributed by atoms with Crippen LogP contribution in [0.2, 0.25) is 0 Å². The van der Waals surface area contributed by atoms with Crippen LogP contribution < -0.4 is 10.0 Å². The number of ether oxygens (including phenoxy) is 1. The summed E-state index contributed by atoms with van der Waals surface area (Å²) in [5, 5.41) is 21.1. The van der Waals surface area contributed by atoms with E-state index in [1.54, 1.807) is 0 Å². The lowest BCUT2D eigenvalue weighted by molar-refractivity contribution is -0.0949. The molecule has 2 aromatic rings. The third kappa shape index (κ3) is 4.13. The minimum Gasteiger partial charge on any atom is -0.387 e. The number of nitrogens with two attached hydrogens (primary N) is 1. The average Bonchev–Trinajstić information content (AvgIpc) is 3.10. The van der Waals surface area contributed by atoms with E-state index >= 15 is 0 Å². The minimum absolute atomic E-state index is 0.00188. The van der Waals surface area contributed by atoms with E-state index in [4.69, 9.17) is 20.3 Å². The summed E-state index contributed by atoms with van der Waals surface area (Å²) >= 11 is 0. The topological polar surface area (TPSA) is 223 Å². The molecule has 1 saturated heterocycles. The number of anilines is 2. The maximum Gasteiger partial charge on any atom is 0.469 e. The number of aliphatic hydroxyl groups excluding tert-OH is 1. The lowest BCUT2D eigenvalue weighted by atomic mass is 9.96. The predicted molar refractivity (Wildman–Crippen MR) is 102 cm³/mol. The Kier molecular flexibility index (Phi) is 5.58. The molecular formula is C13H21N6O9PS. The summed E-state index contributed by atoms with van der Waals surface area (Å²) in [4.78, 5) is 29.7. The first-order valence-corrected chi connectivity index (χ1v) is 11.7. The Balaban J connectivity index is 2.04. The molecule has 0 saturated carbocycles. The van der Waals surface area contributed by atoms with E-state index < -0.39 is 48.5 Å². The molecule has 3 heterocycles. The molecular weight excluding hydrogens is 447 g/mol. The molecule has 30 heavy (non-hydrogen) atoms. The molecule has 0 aromatic carbocycles. The number of rotatable bonds is 6. The molecule has 17 heteroatoms. The molecule has 0 aliphatic carbocycles. The molecule has 0 spiro atoms. The van der Waals surface area contributed by atoms with Crippen molar-refractivity contribution in [1.29, 1.82) is 0 Å². The highest BCUT2D eigenvalue weighted by Crippen LogP contribution is 2.43. The Labute approximate surface area is 170 Å². The van der Waals surface area contributed by atoms with Crippen LogP contribution in [0.5, 0.6) is 0 Å². The Morgan fingerprint density at radius 2 is 2.07 bits per heavy atom. The van der Waals surface area contributed by atoms with Crippen molar-refractivity contribution in [2.24, 2.45) is 0 Å². The SMILES string of the molecule is CN(c1nc(N)nc2c1ncn2[C@@H]1O[C@H](COP(=O)(O)O)C(O)[C@]1(C)O)S(C)(=O)=O. The normalized spacial score (nSPS) is 27.6. The maximum absolute atomic E-state index is 11.9. The molecule has 0 amide bonds. The highest BCUT2D eigenvalue weighted by atomic mass is 32.2. The molecule has 0 radical (unpaired) electrons. The Morgan fingerprint density at radius 1 is 1.43 bits per heavy atom. The van der Waals surface area contributed by atoms with Crippen LogP contribution in [0, 0.1) is 0 Å². The van der Waals surface area contributed by atoms with Crippen molar-refractivity contribution in [2.75, 3.05) is 29.9 Å². The number of hydrogen-bond acceptors (Lipinski definition) is 11. The number of phosphoric ester groups is 1. The molecule has 168 valence electrons. The number of nitrogen functional groups attached to an aromatic ring is 1.